The number of halogens is 1. The number of hydrogen-bond donors (Lipinski definition) is 0. The molecule has 0 radical (unpaired) electrons. The summed E-state index contributed by atoms with van der Waals surface area (Å²) in [5.74, 6) is 3.24. The summed E-state index contributed by atoms with van der Waals surface area (Å²) in [4.78, 5) is 0. The summed E-state index contributed by atoms with van der Waals surface area (Å²) in [7, 11) is 0. The minimum atomic E-state index is -3.14. The largest absolute Gasteiger partial charge is 0.440 e. The summed E-state index contributed by atoms with van der Waals surface area (Å²) >= 11 is 8.85. The third kappa shape index (κ3) is 6.96. The van der Waals surface area contributed by atoms with Crippen molar-refractivity contribution in [3.63, 3.8) is 0 Å². The second-order valence-corrected chi connectivity index (χ2v) is 9.39. The van der Waals surface area contributed by atoms with Crippen molar-refractivity contribution in [3.05, 3.63) is 29.3 Å². The second-order valence-electron chi connectivity index (χ2n) is 3.44. The molecular formula is C12H18ClO3PS2. The van der Waals surface area contributed by atoms with Crippen LogP contribution in [0.25, 0.3) is 0 Å². The molecule has 3 nitrogen and oxygen atoms in total. The molecule has 0 bridgehead atoms. The van der Waals surface area contributed by atoms with Crippen LogP contribution in [0.15, 0.2) is 24.3 Å². The number of thioether (sulfide) groups is 1. The zero-order valence-electron chi connectivity index (χ0n) is 11.0. The van der Waals surface area contributed by atoms with E-state index in [-0.39, 0.29) is 0 Å². The van der Waals surface area contributed by atoms with Gasteiger partial charge >= 0.3 is 6.80 Å². The van der Waals surface area contributed by atoms with Crippen molar-refractivity contribution >= 4 is 41.5 Å². The van der Waals surface area contributed by atoms with E-state index in [0.717, 1.165) is 17.3 Å². The second kappa shape index (κ2) is 9.19. The van der Waals surface area contributed by atoms with Crippen LogP contribution in [0, 0.1) is 0 Å². The fraction of sp³-hybridized carbons (Fsp3) is 0.500. The summed E-state index contributed by atoms with van der Waals surface area (Å²) < 4.78 is 23.3. The quantitative estimate of drug-likeness (QED) is 0.447. The van der Waals surface area contributed by atoms with Crippen LogP contribution >= 0.6 is 41.5 Å². The first kappa shape index (κ1) is 17.3. The van der Waals surface area contributed by atoms with Crippen molar-refractivity contribution in [2.45, 2.75) is 13.8 Å². The van der Waals surface area contributed by atoms with E-state index in [0.29, 0.717) is 17.4 Å². The topological polar surface area (TPSA) is 35.5 Å². The highest BCUT2D eigenvalue weighted by molar-refractivity contribution is 8.55. The number of benzene rings is 1. The Morgan fingerprint density at radius 1 is 1.21 bits per heavy atom. The molecule has 7 heteroatoms. The minimum Gasteiger partial charge on any atom is -0.417 e. The van der Waals surface area contributed by atoms with Crippen molar-refractivity contribution in [1.29, 1.82) is 0 Å². The molecule has 0 saturated heterocycles. The maximum atomic E-state index is 12.5. The molecule has 0 amide bonds. The molecule has 19 heavy (non-hydrogen) atoms. The fourth-order valence-electron chi connectivity index (χ4n) is 1.22. The van der Waals surface area contributed by atoms with Gasteiger partial charge in [0.1, 0.15) is 5.75 Å². The summed E-state index contributed by atoms with van der Waals surface area (Å²) in [5, 5.41) is 0.616. The van der Waals surface area contributed by atoms with Gasteiger partial charge in [0.05, 0.1) is 6.61 Å². The van der Waals surface area contributed by atoms with Crippen molar-refractivity contribution in [2.24, 2.45) is 0 Å². The van der Waals surface area contributed by atoms with Gasteiger partial charge in [-0.3, -0.25) is 4.52 Å². The van der Waals surface area contributed by atoms with Crippen LogP contribution in [0.5, 0.6) is 5.75 Å². The van der Waals surface area contributed by atoms with E-state index in [1.165, 1.54) is 11.4 Å². The van der Waals surface area contributed by atoms with Gasteiger partial charge in [-0.1, -0.05) is 18.5 Å². The molecule has 1 aromatic carbocycles. The lowest BCUT2D eigenvalue weighted by atomic mass is 10.3. The fourth-order valence-corrected chi connectivity index (χ4v) is 5.81. The molecule has 0 aliphatic carbocycles. The monoisotopic (exact) mass is 340 g/mol. The van der Waals surface area contributed by atoms with Crippen LogP contribution < -0.4 is 4.52 Å². The highest BCUT2D eigenvalue weighted by Crippen LogP contribution is 2.60. The van der Waals surface area contributed by atoms with Gasteiger partial charge in [0.2, 0.25) is 0 Å². The Labute approximate surface area is 128 Å². The lowest BCUT2D eigenvalue weighted by Gasteiger charge is -2.17. The molecule has 1 rings (SSSR count). The summed E-state index contributed by atoms with van der Waals surface area (Å²) in [5.41, 5.74) is 0. The highest BCUT2D eigenvalue weighted by atomic mass is 35.5. The molecule has 0 heterocycles. The van der Waals surface area contributed by atoms with Crippen molar-refractivity contribution in [1.82, 2.24) is 0 Å². The van der Waals surface area contributed by atoms with Crippen molar-refractivity contribution < 1.29 is 13.6 Å². The Kier molecular flexibility index (Phi) is 8.35. The van der Waals surface area contributed by atoms with E-state index in [4.69, 9.17) is 20.6 Å². The Bertz CT molecular complexity index is 414. The van der Waals surface area contributed by atoms with E-state index in [1.54, 1.807) is 43.0 Å². The van der Waals surface area contributed by atoms with Crippen molar-refractivity contribution in [3.8, 4) is 5.75 Å². The molecule has 0 aliphatic rings. The maximum absolute atomic E-state index is 12.5. The normalized spacial score (nSPS) is 14.1. The number of hydrogen-bond acceptors (Lipinski definition) is 5. The highest BCUT2D eigenvalue weighted by Gasteiger charge is 2.26. The van der Waals surface area contributed by atoms with Gasteiger partial charge in [-0.25, -0.2) is 4.57 Å². The SMILES string of the molecule is CCOP(=O)(Oc1ccc(Cl)cc1)SCCSCC. The predicted octanol–water partition coefficient (Wildman–Crippen LogP) is 5.35. The van der Waals surface area contributed by atoms with Crippen LogP contribution in [-0.4, -0.2) is 23.9 Å². The molecular weight excluding hydrogens is 323 g/mol. The smallest absolute Gasteiger partial charge is 0.417 e. The molecule has 0 aromatic heterocycles. The zero-order valence-corrected chi connectivity index (χ0v) is 14.3. The van der Waals surface area contributed by atoms with E-state index >= 15 is 0 Å². The van der Waals surface area contributed by atoms with E-state index in [1.807, 2.05) is 0 Å². The molecule has 0 N–H and O–H groups in total. The average molecular weight is 341 g/mol. The lowest BCUT2D eigenvalue weighted by Crippen LogP contribution is -1.97. The van der Waals surface area contributed by atoms with E-state index in [9.17, 15) is 4.57 Å². The number of rotatable bonds is 9. The molecule has 0 saturated carbocycles. The Hall–Kier alpha value is 0.200. The van der Waals surface area contributed by atoms with Crippen LogP contribution in [0.2, 0.25) is 5.02 Å². The van der Waals surface area contributed by atoms with Gasteiger partial charge in [-0.15, -0.1) is 0 Å². The van der Waals surface area contributed by atoms with Crippen LogP contribution in [-0.2, 0) is 9.09 Å². The third-order valence-electron chi connectivity index (χ3n) is 2.00. The Morgan fingerprint density at radius 2 is 1.89 bits per heavy atom. The van der Waals surface area contributed by atoms with Crippen LogP contribution in [0.4, 0.5) is 0 Å². The molecule has 1 atom stereocenters. The van der Waals surface area contributed by atoms with Gasteiger partial charge in [0, 0.05) is 16.5 Å². The molecule has 0 spiro atoms. The molecule has 108 valence electrons. The summed E-state index contributed by atoms with van der Waals surface area (Å²) in [6.07, 6.45) is 0. The van der Waals surface area contributed by atoms with Gasteiger partial charge < -0.3 is 4.52 Å². The van der Waals surface area contributed by atoms with Gasteiger partial charge in [0.25, 0.3) is 0 Å². The first-order valence-corrected chi connectivity index (χ1v) is 10.7. The molecule has 1 aromatic rings. The summed E-state index contributed by atoms with van der Waals surface area (Å²) in [6.45, 7) is 1.13. The molecule has 0 aliphatic heterocycles. The predicted molar refractivity (Wildman–Crippen MR) is 86.8 cm³/mol. The van der Waals surface area contributed by atoms with E-state index < -0.39 is 6.80 Å². The van der Waals surface area contributed by atoms with Gasteiger partial charge in [-0.05, 0) is 48.3 Å². The molecule has 0 fully saturated rings. The van der Waals surface area contributed by atoms with Gasteiger partial charge in [-0.2, -0.15) is 11.8 Å². The summed E-state index contributed by atoms with van der Waals surface area (Å²) in [6, 6.07) is 6.78. The first-order chi connectivity index (χ1) is 9.09. The lowest BCUT2D eigenvalue weighted by molar-refractivity contribution is 0.296. The zero-order chi connectivity index (χ0) is 14.1. The van der Waals surface area contributed by atoms with Crippen molar-refractivity contribution in [2.75, 3.05) is 23.9 Å². The van der Waals surface area contributed by atoms with Crippen LogP contribution in [0.1, 0.15) is 13.8 Å². The molecule has 1 unspecified atom stereocenters. The average Bonchev–Trinajstić information content (AvgIpc) is 2.38. The first-order valence-electron chi connectivity index (χ1n) is 6.01. The van der Waals surface area contributed by atoms with Gasteiger partial charge in [0.15, 0.2) is 0 Å². The minimum absolute atomic E-state index is 0.360. The van der Waals surface area contributed by atoms with Crippen LogP contribution in [0.3, 0.4) is 0 Å². The van der Waals surface area contributed by atoms with E-state index in [2.05, 4.69) is 6.92 Å². The Balaban J connectivity index is 2.59. The Morgan fingerprint density at radius 3 is 2.47 bits per heavy atom. The third-order valence-corrected chi connectivity index (χ3v) is 7.16. The standard InChI is InChI=1S/C12H18ClO3PS2/c1-3-15-17(14,19-10-9-18-4-2)16-12-7-5-11(13)6-8-12/h5-8H,3-4,9-10H2,1-2H3. The maximum Gasteiger partial charge on any atom is 0.440 e.